The van der Waals surface area contributed by atoms with Crippen molar-refractivity contribution < 1.29 is 24.3 Å². The van der Waals surface area contributed by atoms with Crippen LogP contribution in [0.3, 0.4) is 0 Å². The van der Waals surface area contributed by atoms with E-state index in [0.29, 0.717) is 6.54 Å². The summed E-state index contributed by atoms with van der Waals surface area (Å²) in [5.41, 5.74) is 0.734. The molecule has 2 saturated heterocycles. The highest BCUT2D eigenvalue weighted by Gasteiger charge is 2.47. The van der Waals surface area contributed by atoms with Gasteiger partial charge in [0.15, 0.2) is 12.4 Å². The highest BCUT2D eigenvalue weighted by molar-refractivity contribution is 6.02. The number of carbonyl (C=O) groups is 4. The topological polar surface area (TPSA) is 110 Å². The van der Waals surface area contributed by atoms with E-state index in [4.69, 9.17) is 0 Å². The first-order valence-corrected chi connectivity index (χ1v) is 10.9. The molecule has 2 atom stereocenters. The van der Waals surface area contributed by atoms with Crippen molar-refractivity contribution >= 4 is 29.4 Å². The van der Waals surface area contributed by atoms with Gasteiger partial charge in [-0.1, -0.05) is 37.5 Å². The summed E-state index contributed by atoms with van der Waals surface area (Å²) in [6, 6.07) is 8.46. The number of nitrogens with one attached hydrogen (secondary N) is 1. The van der Waals surface area contributed by atoms with Gasteiger partial charge in [-0.15, -0.1) is 0 Å². The Kier molecular flexibility index (Phi) is 6.22. The number of aliphatic hydroxyl groups excluding tert-OH is 1. The van der Waals surface area contributed by atoms with Crippen LogP contribution in [0.5, 0.6) is 0 Å². The number of benzene rings is 1. The van der Waals surface area contributed by atoms with Crippen molar-refractivity contribution in [1.29, 1.82) is 0 Å². The summed E-state index contributed by atoms with van der Waals surface area (Å²) in [5, 5.41) is 13.5. The van der Waals surface area contributed by atoms with Gasteiger partial charge in [-0.05, 0) is 25.0 Å². The van der Waals surface area contributed by atoms with Crippen LogP contribution in [0.2, 0.25) is 0 Å². The Morgan fingerprint density at radius 1 is 0.935 bits per heavy atom. The summed E-state index contributed by atoms with van der Waals surface area (Å²) in [6.45, 7) is 0.445. The number of nitrogens with zero attached hydrogens (tertiary/aromatic N) is 3. The first-order chi connectivity index (χ1) is 15.0. The number of amides is 5. The van der Waals surface area contributed by atoms with E-state index in [0.717, 1.165) is 47.6 Å². The third-order valence-electron chi connectivity index (χ3n) is 6.40. The summed E-state index contributed by atoms with van der Waals surface area (Å²) in [7, 11) is 0. The molecule has 0 radical (unpaired) electrons. The number of likely N-dealkylation sites (tertiary alicyclic amines) is 1. The van der Waals surface area contributed by atoms with Crippen LogP contribution in [0.15, 0.2) is 30.3 Å². The van der Waals surface area contributed by atoms with Crippen LogP contribution in [0.25, 0.3) is 0 Å². The number of hydrogen-bond acceptors (Lipinski definition) is 6. The number of hydrogen-bond donors (Lipinski definition) is 2. The fourth-order valence-electron chi connectivity index (χ4n) is 4.73. The minimum absolute atomic E-state index is 0.0804. The molecule has 0 aromatic heterocycles. The number of anilines is 1. The van der Waals surface area contributed by atoms with Gasteiger partial charge in [-0.25, -0.2) is 4.79 Å². The average Bonchev–Trinajstić information content (AvgIpc) is 3.12. The second-order valence-electron chi connectivity index (χ2n) is 8.34. The number of carbonyl (C=O) groups excluding carboxylic acids is 4. The maximum Gasteiger partial charge on any atom is 0.326 e. The number of imide groups is 2. The highest BCUT2D eigenvalue weighted by atomic mass is 16.3. The Morgan fingerprint density at radius 3 is 2.23 bits per heavy atom. The number of piperazine rings is 1. The second-order valence-corrected chi connectivity index (χ2v) is 8.34. The molecule has 1 aliphatic carbocycles. The fourth-order valence-corrected chi connectivity index (χ4v) is 4.73. The third-order valence-corrected chi connectivity index (χ3v) is 6.40. The Labute approximate surface area is 181 Å². The first kappa shape index (κ1) is 21.3. The van der Waals surface area contributed by atoms with Gasteiger partial charge in [-0.3, -0.25) is 29.5 Å². The normalized spacial score (nSPS) is 25.1. The van der Waals surface area contributed by atoms with Crippen LogP contribution in [0.1, 0.15) is 44.9 Å². The van der Waals surface area contributed by atoms with E-state index in [1.165, 1.54) is 0 Å². The Hall–Kier alpha value is -2.94. The minimum atomic E-state index is -1.46. The van der Waals surface area contributed by atoms with Crippen LogP contribution in [0.4, 0.5) is 10.5 Å². The van der Waals surface area contributed by atoms with Gasteiger partial charge in [0.05, 0.1) is 0 Å². The van der Waals surface area contributed by atoms with Gasteiger partial charge in [0, 0.05) is 37.5 Å². The SMILES string of the molecule is O=C(NC(=O)N1CCN(c2ccccc2)[C@@H](N2C(=O)CCC2=O)[C@@H]1O)C1CCCCC1. The molecule has 0 unspecified atom stereocenters. The lowest BCUT2D eigenvalue weighted by molar-refractivity contribution is -0.149. The lowest BCUT2D eigenvalue weighted by atomic mass is 9.89. The summed E-state index contributed by atoms with van der Waals surface area (Å²) in [4.78, 5) is 54.3. The molecule has 3 fully saturated rings. The van der Waals surface area contributed by atoms with Crippen LogP contribution in [-0.4, -0.2) is 64.1 Å². The van der Waals surface area contributed by atoms with Crippen molar-refractivity contribution in [3.63, 3.8) is 0 Å². The number of aliphatic hydroxyl groups is 1. The van der Waals surface area contributed by atoms with Crippen molar-refractivity contribution in [3.05, 3.63) is 30.3 Å². The molecule has 1 saturated carbocycles. The van der Waals surface area contributed by atoms with Gasteiger partial charge in [0.1, 0.15) is 0 Å². The lowest BCUT2D eigenvalue weighted by Crippen LogP contribution is -2.69. The van der Waals surface area contributed by atoms with Gasteiger partial charge < -0.3 is 10.0 Å². The van der Waals surface area contributed by atoms with Gasteiger partial charge >= 0.3 is 6.03 Å². The molecule has 0 bridgehead atoms. The molecule has 1 aromatic carbocycles. The molecule has 5 amide bonds. The van der Waals surface area contributed by atoms with Gasteiger partial charge in [0.2, 0.25) is 17.7 Å². The molecular weight excluding hydrogens is 400 g/mol. The van der Waals surface area contributed by atoms with Crippen molar-refractivity contribution in [1.82, 2.24) is 15.1 Å². The molecular formula is C22H28N4O5. The summed E-state index contributed by atoms with van der Waals surface area (Å²) in [6.07, 6.45) is 2.18. The largest absolute Gasteiger partial charge is 0.369 e. The van der Waals surface area contributed by atoms with E-state index in [9.17, 15) is 24.3 Å². The Bertz CT molecular complexity index is 839. The predicted octanol–water partition coefficient (Wildman–Crippen LogP) is 1.42. The molecule has 4 rings (SSSR count). The molecule has 9 nitrogen and oxygen atoms in total. The molecule has 2 N–H and O–H groups in total. The molecule has 3 aliphatic rings. The van der Waals surface area contributed by atoms with Gasteiger partial charge in [0.25, 0.3) is 0 Å². The van der Waals surface area contributed by atoms with Crippen LogP contribution >= 0.6 is 0 Å². The van der Waals surface area contributed by atoms with E-state index in [-0.39, 0.29) is 43.0 Å². The number of urea groups is 1. The molecule has 166 valence electrons. The summed E-state index contributed by atoms with van der Waals surface area (Å²) < 4.78 is 0. The molecule has 0 spiro atoms. The van der Waals surface area contributed by atoms with E-state index in [1.54, 1.807) is 4.90 Å². The predicted molar refractivity (Wildman–Crippen MR) is 111 cm³/mol. The summed E-state index contributed by atoms with van der Waals surface area (Å²) >= 11 is 0. The molecule has 2 heterocycles. The van der Waals surface area contributed by atoms with Crippen LogP contribution < -0.4 is 10.2 Å². The highest BCUT2D eigenvalue weighted by Crippen LogP contribution is 2.29. The smallest absolute Gasteiger partial charge is 0.326 e. The second kappa shape index (κ2) is 9.05. The van der Waals surface area contributed by atoms with E-state index >= 15 is 0 Å². The maximum absolute atomic E-state index is 12.9. The van der Waals surface area contributed by atoms with E-state index in [2.05, 4.69) is 5.32 Å². The van der Waals surface area contributed by atoms with E-state index in [1.807, 2.05) is 30.3 Å². The average molecular weight is 428 g/mol. The Morgan fingerprint density at radius 2 is 1.58 bits per heavy atom. The van der Waals surface area contributed by atoms with E-state index < -0.39 is 18.4 Å². The Balaban J connectivity index is 1.54. The lowest BCUT2D eigenvalue weighted by Gasteiger charge is -2.48. The van der Waals surface area contributed by atoms with Crippen LogP contribution in [-0.2, 0) is 14.4 Å². The zero-order valence-corrected chi connectivity index (χ0v) is 17.4. The standard InChI is InChI=1S/C22H28N4O5/c27-17-11-12-18(28)26(17)20-21(30)25(14-13-24(20)16-9-5-2-6-10-16)22(31)23-19(29)15-7-3-1-4-8-15/h2,5-6,9-10,15,20-21,30H,1,3-4,7-8,11-14H2,(H,23,29,31)/t20-,21-/m0/s1. The quantitative estimate of drug-likeness (QED) is 0.705. The monoisotopic (exact) mass is 428 g/mol. The van der Waals surface area contributed by atoms with Crippen molar-refractivity contribution in [2.45, 2.75) is 57.3 Å². The van der Waals surface area contributed by atoms with Crippen molar-refractivity contribution in [2.24, 2.45) is 5.92 Å². The van der Waals surface area contributed by atoms with Gasteiger partial charge in [-0.2, -0.15) is 0 Å². The zero-order chi connectivity index (χ0) is 22.0. The van der Waals surface area contributed by atoms with Crippen molar-refractivity contribution in [2.75, 3.05) is 18.0 Å². The fraction of sp³-hybridized carbons (Fsp3) is 0.545. The van der Waals surface area contributed by atoms with Crippen molar-refractivity contribution in [3.8, 4) is 0 Å². The first-order valence-electron chi connectivity index (χ1n) is 10.9. The minimum Gasteiger partial charge on any atom is -0.369 e. The number of rotatable bonds is 3. The number of para-hydroxylation sites is 1. The molecule has 2 aliphatic heterocycles. The van der Waals surface area contributed by atoms with Crippen LogP contribution in [0, 0.1) is 5.92 Å². The molecule has 9 heteroatoms. The maximum atomic E-state index is 12.9. The third kappa shape index (κ3) is 4.27. The zero-order valence-electron chi connectivity index (χ0n) is 17.4. The summed E-state index contributed by atoms with van der Waals surface area (Å²) in [5.74, 6) is -1.28. The molecule has 31 heavy (non-hydrogen) atoms. The molecule has 1 aromatic rings.